The summed E-state index contributed by atoms with van der Waals surface area (Å²) < 4.78 is 1.78. The summed E-state index contributed by atoms with van der Waals surface area (Å²) >= 11 is 0. The average Bonchev–Trinajstić information content (AvgIpc) is 2.47. The Hall–Kier alpha value is -1.85. The van der Waals surface area contributed by atoms with Crippen molar-refractivity contribution in [3.05, 3.63) is 18.2 Å². The number of rotatable bonds is 2. The molecule has 1 heterocycles. The zero-order valence-corrected chi connectivity index (χ0v) is 7.51. The van der Waals surface area contributed by atoms with Gasteiger partial charge in [-0.1, -0.05) is 0 Å². The summed E-state index contributed by atoms with van der Waals surface area (Å²) in [5.74, 6) is 0.660. The van der Waals surface area contributed by atoms with Gasteiger partial charge in [0.2, 0.25) is 0 Å². The third kappa shape index (κ3) is 2.29. The number of nitrogens with two attached hydrogens (primary N) is 1. The minimum Gasteiger partial charge on any atom is -0.350 e. The second-order valence-corrected chi connectivity index (χ2v) is 2.50. The highest BCUT2D eigenvalue weighted by Crippen LogP contribution is 1.90. The van der Waals surface area contributed by atoms with E-state index in [0.717, 1.165) is 5.01 Å². The molecule has 1 aromatic rings. The van der Waals surface area contributed by atoms with E-state index in [1.54, 1.807) is 17.0 Å². The van der Waals surface area contributed by atoms with E-state index in [9.17, 15) is 4.79 Å². The fourth-order valence-electron chi connectivity index (χ4n) is 0.697. The Morgan fingerprint density at radius 3 is 3.00 bits per heavy atom. The Morgan fingerprint density at radius 2 is 2.54 bits per heavy atom. The Bertz CT molecular complexity index is 329. The van der Waals surface area contributed by atoms with Crippen LogP contribution in [0.1, 0.15) is 5.82 Å². The molecule has 0 aliphatic heterocycles. The first kappa shape index (κ1) is 9.24. The van der Waals surface area contributed by atoms with Gasteiger partial charge in [0.1, 0.15) is 0 Å². The second-order valence-electron chi connectivity index (χ2n) is 2.50. The van der Waals surface area contributed by atoms with Gasteiger partial charge in [0.15, 0.2) is 5.82 Å². The summed E-state index contributed by atoms with van der Waals surface area (Å²) in [5.41, 5.74) is 4.96. The van der Waals surface area contributed by atoms with Gasteiger partial charge in [0.05, 0.1) is 6.21 Å². The molecule has 0 radical (unpaired) electrons. The number of primary amides is 1. The summed E-state index contributed by atoms with van der Waals surface area (Å²) in [4.78, 5) is 14.5. The van der Waals surface area contributed by atoms with Crippen LogP contribution >= 0.6 is 0 Å². The molecule has 0 spiro atoms. The molecular formula is C7H11N5O. The largest absolute Gasteiger partial charge is 0.350 e. The Morgan fingerprint density at radius 1 is 1.85 bits per heavy atom. The van der Waals surface area contributed by atoms with Gasteiger partial charge in [0.25, 0.3) is 0 Å². The van der Waals surface area contributed by atoms with E-state index in [0.29, 0.717) is 5.82 Å². The number of imidazole rings is 1. The molecule has 1 rings (SSSR count). The molecular weight excluding hydrogens is 170 g/mol. The Labute approximate surface area is 75.7 Å². The molecule has 0 aliphatic rings. The third-order valence-corrected chi connectivity index (χ3v) is 1.52. The summed E-state index contributed by atoms with van der Waals surface area (Å²) in [7, 11) is 3.31. The van der Waals surface area contributed by atoms with Crippen molar-refractivity contribution in [1.82, 2.24) is 14.6 Å². The highest BCUT2D eigenvalue weighted by molar-refractivity contribution is 5.77. The van der Waals surface area contributed by atoms with Gasteiger partial charge in [-0.25, -0.2) is 14.8 Å². The van der Waals surface area contributed by atoms with E-state index in [1.807, 2.05) is 7.05 Å². The number of aromatic nitrogens is 2. The van der Waals surface area contributed by atoms with Crippen LogP contribution in [-0.4, -0.2) is 33.9 Å². The number of carbonyl (C=O) groups is 1. The lowest BCUT2D eigenvalue weighted by atomic mass is 10.7. The fourth-order valence-corrected chi connectivity index (χ4v) is 0.697. The number of hydrogen-bond acceptors (Lipinski definition) is 3. The zero-order chi connectivity index (χ0) is 9.84. The first-order valence-corrected chi connectivity index (χ1v) is 3.65. The van der Waals surface area contributed by atoms with Crippen molar-refractivity contribution < 1.29 is 4.79 Å². The van der Waals surface area contributed by atoms with Crippen molar-refractivity contribution in [3.8, 4) is 0 Å². The van der Waals surface area contributed by atoms with E-state index in [2.05, 4.69) is 10.1 Å². The number of aryl methyl sites for hydroxylation is 1. The van der Waals surface area contributed by atoms with Crippen LogP contribution in [0.5, 0.6) is 0 Å². The lowest BCUT2D eigenvalue weighted by Gasteiger charge is -2.04. The van der Waals surface area contributed by atoms with Crippen molar-refractivity contribution in [1.29, 1.82) is 0 Å². The van der Waals surface area contributed by atoms with E-state index >= 15 is 0 Å². The molecule has 0 bridgehead atoms. The van der Waals surface area contributed by atoms with Crippen molar-refractivity contribution in [2.45, 2.75) is 0 Å². The van der Waals surface area contributed by atoms with E-state index in [1.165, 1.54) is 13.3 Å². The number of nitrogens with zero attached hydrogens (tertiary/aromatic N) is 4. The van der Waals surface area contributed by atoms with Crippen LogP contribution in [-0.2, 0) is 7.05 Å². The molecule has 0 atom stereocenters. The highest BCUT2D eigenvalue weighted by atomic mass is 16.2. The molecule has 0 unspecified atom stereocenters. The minimum atomic E-state index is -0.606. The highest BCUT2D eigenvalue weighted by Gasteiger charge is 1.99. The number of amides is 2. The summed E-state index contributed by atoms with van der Waals surface area (Å²) in [6.45, 7) is 0. The average molecular weight is 181 g/mol. The molecule has 6 heteroatoms. The van der Waals surface area contributed by atoms with Gasteiger partial charge in [-0.05, 0) is 0 Å². The molecule has 0 fully saturated rings. The maximum absolute atomic E-state index is 10.6. The Balaban J connectivity index is 2.69. The van der Waals surface area contributed by atoms with Gasteiger partial charge < -0.3 is 10.3 Å². The maximum atomic E-state index is 10.6. The molecule has 13 heavy (non-hydrogen) atoms. The van der Waals surface area contributed by atoms with E-state index in [-0.39, 0.29) is 0 Å². The van der Waals surface area contributed by atoms with Crippen LogP contribution in [0.2, 0.25) is 0 Å². The van der Waals surface area contributed by atoms with Crippen LogP contribution in [0.4, 0.5) is 4.79 Å². The minimum absolute atomic E-state index is 0.606. The van der Waals surface area contributed by atoms with Gasteiger partial charge in [-0.15, -0.1) is 0 Å². The van der Waals surface area contributed by atoms with E-state index in [4.69, 9.17) is 5.73 Å². The number of hydrogen-bond donors (Lipinski definition) is 1. The summed E-state index contributed by atoms with van der Waals surface area (Å²) in [6.07, 6.45) is 4.89. The first-order valence-electron chi connectivity index (χ1n) is 3.65. The van der Waals surface area contributed by atoms with Crippen molar-refractivity contribution in [2.75, 3.05) is 7.05 Å². The van der Waals surface area contributed by atoms with Gasteiger partial charge in [0, 0.05) is 26.5 Å². The molecule has 1 aromatic heterocycles. The molecule has 0 saturated heterocycles. The normalized spacial score (nSPS) is 10.6. The first-order chi connectivity index (χ1) is 6.11. The lowest BCUT2D eigenvalue weighted by molar-refractivity contribution is 0.220. The zero-order valence-electron chi connectivity index (χ0n) is 7.51. The SMILES string of the molecule is CN(/N=C/c1nccn1C)C(N)=O. The molecule has 2 amide bonds. The second kappa shape index (κ2) is 3.70. The topological polar surface area (TPSA) is 76.5 Å². The maximum Gasteiger partial charge on any atom is 0.334 e. The summed E-state index contributed by atoms with van der Waals surface area (Å²) in [5, 5.41) is 4.81. The number of hydrazone groups is 1. The van der Waals surface area contributed by atoms with Crippen molar-refractivity contribution in [3.63, 3.8) is 0 Å². The quantitative estimate of drug-likeness (QED) is 0.505. The molecule has 2 N–H and O–H groups in total. The van der Waals surface area contributed by atoms with Crippen LogP contribution in [0.3, 0.4) is 0 Å². The molecule has 0 aromatic carbocycles. The predicted octanol–water partition coefficient (Wildman–Crippen LogP) is -0.235. The molecule has 6 nitrogen and oxygen atoms in total. The smallest absolute Gasteiger partial charge is 0.334 e. The van der Waals surface area contributed by atoms with Crippen LogP contribution in [0.25, 0.3) is 0 Å². The fraction of sp³-hybridized carbons (Fsp3) is 0.286. The number of urea groups is 1. The molecule has 0 aliphatic carbocycles. The third-order valence-electron chi connectivity index (χ3n) is 1.52. The van der Waals surface area contributed by atoms with Crippen LogP contribution in [0, 0.1) is 0 Å². The number of carbonyl (C=O) groups excluding carboxylic acids is 1. The lowest BCUT2D eigenvalue weighted by Crippen LogP contribution is -2.27. The molecule has 0 saturated carbocycles. The van der Waals surface area contributed by atoms with Gasteiger partial charge in [-0.3, -0.25) is 0 Å². The standard InChI is InChI=1S/C7H11N5O/c1-11-4-3-9-6(11)5-10-12(2)7(8)13/h3-5H,1-2H3,(H2,8,13)/b10-5+. The van der Waals surface area contributed by atoms with Crippen LogP contribution in [0.15, 0.2) is 17.5 Å². The predicted molar refractivity (Wildman–Crippen MR) is 48.1 cm³/mol. The molecule has 70 valence electrons. The monoisotopic (exact) mass is 181 g/mol. The van der Waals surface area contributed by atoms with Crippen molar-refractivity contribution >= 4 is 12.2 Å². The Kier molecular flexibility index (Phi) is 2.63. The summed E-state index contributed by atoms with van der Waals surface area (Å²) in [6, 6.07) is -0.606. The van der Waals surface area contributed by atoms with E-state index < -0.39 is 6.03 Å². The van der Waals surface area contributed by atoms with Gasteiger partial charge in [-0.2, -0.15) is 5.10 Å². The van der Waals surface area contributed by atoms with Crippen LogP contribution < -0.4 is 5.73 Å². The van der Waals surface area contributed by atoms with Gasteiger partial charge >= 0.3 is 6.03 Å². The van der Waals surface area contributed by atoms with Crippen molar-refractivity contribution in [2.24, 2.45) is 17.9 Å².